The molecule has 0 unspecified atom stereocenters. The van der Waals surface area contributed by atoms with E-state index < -0.39 is 5.97 Å². The second-order valence-corrected chi connectivity index (χ2v) is 6.57. The van der Waals surface area contributed by atoms with Gasteiger partial charge in [-0.1, -0.05) is 23.4 Å². The van der Waals surface area contributed by atoms with Gasteiger partial charge in [-0.15, -0.1) is 5.10 Å². The molecule has 2 aromatic rings. The lowest BCUT2D eigenvalue weighted by molar-refractivity contribution is -0.138. The number of nitrogens with zero attached hydrogens (tertiary/aromatic N) is 4. The van der Waals surface area contributed by atoms with Gasteiger partial charge in [0.1, 0.15) is 5.75 Å². The van der Waals surface area contributed by atoms with Crippen molar-refractivity contribution < 1.29 is 19.4 Å². The minimum Gasteiger partial charge on any atom is -0.496 e. The molecule has 1 amide bonds. The van der Waals surface area contributed by atoms with E-state index in [0.29, 0.717) is 18.8 Å². The minimum atomic E-state index is -0.872. The third-order valence-corrected chi connectivity index (χ3v) is 4.77. The van der Waals surface area contributed by atoms with Crippen LogP contribution in [0.5, 0.6) is 5.75 Å². The average molecular weight is 358 g/mol. The van der Waals surface area contributed by atoms with Gasteiger partial charge in [0.25, 0.3) is 0 Å². The van der Waals surface area contributed by atoms with Crippen LogP contribution < -0.4 is 4.74 Å². The molecule has 1 aliphatic rings. The van der Waals surface area contributed by atoms with Crippen LogP contribution in [0.4, 0.5) is 0 Å². The van der Waals surface area contributed by atoms with Crippen LogP contribution >= 0.6 is 0 Å². The van der Waals surface area contributed by atoms with E-state index in [1.165, 1.54) is 0 Å². The summed E-state index contributed by atoms with van der Waals surface area (Å²) in [5, 5.41) is 17.3. The van der Waals surface area contributed by atoms with Gasteiger partial charge in [-0.25, -0.2) is 0 Å². The first-order valence-corrected chi connectivity index (χ1v) is 8.45. The molecule has 1 saturated heterocycles. The van der Waals surface area contributed by atoms with Crippen molar-refractivity contribution in [3.05, 3.63) is 41.7 Å². The fourth-order valence-electron chi connectivity index (χ4n) is 3.50. The molecule has 0 aliphatic carbocycles. The topological polar surface area (TPSA) is 97.6 Å². The van der Waals surface area contributed by atoms with Crippen molar-refractivity contribution in [3.63, 3.8) is 0 Å². The number of carbonyl (C=O) groups is 2. The Morgan fingerprint density at radius 2 is 2.08 bits per heavy atom. The second kappa shape index (κ2) is 7.55. The lowest BCUT2D eigenvalue weighted by Crippen LogP contribution is -2.30. The number of ether oxygens (including phenoxy) is 1. The Labute approximate surface area is 151 Å². The number of amides is 1. The fourth-order valence-corrected chi connectivity index (χ4v) is 3.50. The largest absolute Gasteiger partial charge is 0.496 e. The number of carboxylic acids is 1. The molecule has 0 spiro atoms. The zero-order valence-electron chi connectivity index (χ0n) is 14.8. The third kappa shape index (κ3) is 3.84. The first-order chi connectivity index (χ1) is 12.5. The standard InChI is InChI=1S/C18H22N4O4/c1-21-11-15(19-20-21)14-10-22(9-13(14)8-18(24)25)17(23)7-12-5-3-4-6-16(12)26-2/h3-6,11,13-14H,7-10H2,1-2H3,(H,24,25)/t13-,14+/m0/s1. The molecule has 2 atom stereocenters. The van der Waals surface area contributed by atoms with Gasteiger partial charge in [0.2, 0.25) is 5.91 Å². The summed E-state index contributed by atoms with van der Waals surface area (Å²) in [6.45, 7) is 0.853. The van der Waals surface area contributed by atoms with Crippen LogP contribution in [-0.4, -0.2) is 57.1 Å². The summed E-state index contributed by atoms with van der Waals surface area (Å²) in [6, 6.07) is 7.41. The maximum Gasteiger partial charge on any atom is 0.303 e. The van der Waals surface area contributed by atoms with E-state index in [1.54, 1.807) is 29.9 Å². The Bertz CT molecular complexity index is 804. The van der Waals surface area contributed by atoms with Crippen molar-refractivity contribution in [1.29, 1.82) is 0 Å². The highest BCUT2D eigenvalue weighted by Gasteiger charge is 2.38. The maximum atomic E-state index is 12.8. The van der Waals surface area contributed by atoms with Gasteiger partial charge in [-0.2, -0.15) is 0 Å². The number of para-hydroxylation sites is 1. The van der Waals surface area contributed by atoms with Crippen molar-refractivity contribution >= 4 is 11.9 Å². The van der Waals surface area contributed by atoms with Gasteiger partial charge >= 0.3 is 5.97 Å². The zero-order valence-corrected chi connectivity index (χ0v) is 14.8. The first-order valence-electron chi connectivity index (χ1n) is 8.45. The van der Waals surface area contributed by atoms with Gasteiger partial charge < -0.3 is 14.7 Å². The van der Waals surface area contributed by atoms with Crippen LogP contribution in [-0.2, 0) is 23.1 Å². The zero-order chi connectivity index (χ0) is 18.7. The molecule has 0 radical (unpaired) electrons. The first kappa shape index (κ1) is 17.9. The molecule has 1 N–H and O–H groups in total. The highest BCUT2D eigenvalue weighted by atomic mass is 16.5. The number of hydrogen-bond acceptors (Lipinski definition) is 5. The second-order valence-electron chi connectivity index (χ2n) is 6.57. The monoisotopic (exact) mass is 358 g/mol. The van der Waals surface area contributed by atoms with Crippen LogP contribution in [0.1, 0.15) is 23.6 Å². The number of hydrogen-bond donors (Lipinski definition) is 1. The van der Waals surface area contributed by atoms with E-state index in [1.807, 2.05) is 24.3 Å². The highest BCUT2D eigenvalue weighted by Crippen LogP contribution is 2.34. The molecular weight excluding hydrogens is 336 g/mol. The molecule has 1 aromatic carbocycles. The van der Waals surface area contributed by atoms with Crippen LogP contribution in [0.15, 0.2) is 30.5 Å². The molecule has 1 fully saturated rings. The molecule has 8 nitrogen and oxygen atoms in total. The molecule has 0 bridgehead atoms. The number of methoxy groups -OCH3 is 1. The molecule has 3 rings (SSSR count). The van der Waals surface area contributed by atoms with E-state index in [4.69, 9.17) is 4.74 Å². The predicted molar refractivity (Wildman–Crippen MR) is 92.8 cm³/mol. The molecule has 138 valence electrons. The number of rotatable bonds is 6. The Hall–Kier alpha value is -2.90. The van der Waals surface area contributed by atoms with Crippen molar-refractivity contribution in [2.45, 2.75) is 18.8 Å². The number of carbonyl (C=O) groups excluding carboxylic acids is 1. The smallest absolute Gasteiger partial charge is 0.303 e. The molecule has 2 heterocycles. The quantitative estimate of drug-likeness (QED) is 0.830. The van der Waals surface area contributed by atoms with Gasteiger partial charge in [0.15, 0.2) is 0 Å². The summed E-state index contributed by atoms with van der Waals surface area (Å²) in [4.78, 5) is 25.7. The predicted octanol–water partition coefficient (Wildman–Crippen LogP) is 1.08. The molecular formula is C18H22N4O4. The van der Waals surface area contributed by atoms with E-state index in [9.17, 15) is 14.7 Å². The highest BCUT2D eigenvalue weighted by molar-refractivity contribution is 5.80. The van der Waals surface area contributed by atoms with Gasteiger partial charge in [0, 0.05) is 37.8 Å². The van der Waals surface area contributed by atoms with E-state index in [2.05, 4.69) is 10.3 Å². The maximum absolute atomic E-state index is 12.8. The number of aromatic nitrogens is 3. The average Bonchev–Trinajstić information content (AvgIpc) is 3.21. The summed E-state index contributed by atoms with van der Waals surface area (Å²) in [5.41, 5.74) is 1.55. The van der Waals surface area contributed by atoms with Crippen molar-refractivity contribution in [1.82, 2.24) is 19.9 Å². The summed E-state index contributed by atoms with van der Waals surface area (Å²) in [7, 11) is 3.34. The number of carboxylic acid groups (broad SMARTS) is 1. The normalized spacial score (nSPS) is 19.5. The van der Waals surface area contributed by atoms with Crippen molar-refractivity contribution in [3.8, 4) is 5.75 Å². The molecule has 8 heteroatoms. The van der Waals surface area contributed by atoms with E-state index in [-0.39, 0.29) is 30.6 Å². The summed E-state index contributed by atoms with van der Waals surface area (Å²) < 4.78 is 6.90. The SMILES string of the molecule is COc1ccccc1CC(=O)N1C[C@H](CC(=O)O)[C@H](c2cn(C)nn2)C1. The Morgan fingerprint density at radius 1 is 1.31 bits per heavy atom. The van der Waals surface area contributed by atoms with Gasteiger partial charge in [-0.05, 0) is 12.0 Å². The molecule has 1 aromatic heterocycles. The van der Waals surface area contributed by atoms with Crippen LogP contribution in [0, 0.1) is 5.92 Å². The number of aliphatic carboxylic acids is 1. The fraction of sp³-hybridized carbons (Fsp3) is 0.444. The minimum absolute atomic E-state index is 0.000318. The molecule has 0 saturated carbocycles. The van der Waals surface area contributed by atoms with Crippen molar-refractivity contribution in [2.75, 3.05) is 20.2 Å². The van der Waals surface area contributed by atoms with E-state index >= 15 is 0 Å². The Balaban J connectivity index is 1.75. The molecule has 1 aliphatic heterocycles. The van der Waals surface area contributed by atoms with Crippen LogP contribution in [0.25, 0.3) is 0 Å². The Morgan fingerprint density at radius 3 is 2.73 bits per heavy atom. The van der Waals surface area contributed by atoms with Gasteiger partial charge in [0.05, 0.1) is 25.6 Å². The van der Waals surface area contributed by atoms with Crippen molar-refractivity contribution in [2.24, 2.45) is 13.0 Å². The van der Waals surface area contributed by atoms with Crippen LogP contribution in [0.2, 0.25) is 0 Å². The lowest BCUT2D eigenvalue weighted by Gasteiger charge is -2.17. The summed E-state index contributed by atoms with van der Waals surface area (Å²) in [6.07, 6.45) is 2.00. The number of aryl methyl sites for hydroxylation is 1. The van der Waals surface area contributed by atoms with Gasteiger partial charge in [-0.3, -0.25) is 14.3 Å². The number of benzene rings is 1. The third-order valence-electron chi connectivity index (χ3n) is 4.77. The van der Waals surface area contributed by atoms with Crippen LogP contribution in [0.3, 0.4) is 0 Å². The number of likely N-dealkylation sites (tertiary alicyclic amines) is 1. The molecule has 26 heavy (non-hydrogen) atoms. The lowest BCUT2D eigenvalue weighted by atomic mass is 9.91. The summed E-state index contributed by atoms with van der Waals surface area (Å²) >= 11 is 0. The summed E-state index contributed by atoms with van der Waals surface area (Å²) in [5.74, 6) is -0.543. The van der Waals surface area contributed by atoms with E-state index in [0.717, 1.165) is 11.3 Å². The Kier molecular flexibility index (Phi) is 5.20.